The molecule has 1 fully saturated rings. The van der Waals surface area contributed by atoms with E-state index in [2.05, 4.69) is 11.4 Å². The lowest BCUT2D eigenvalue weighted by Gasteiger charge is -2.21. The number of carbonyl (C=O) groups is 2. The van der Waals surface area contributed by atoms with Crippen molar-refractivity contribution in [2.45, 2.75) is 18.9 Å². The molecule has 0 saturated carbocycles. The summed E-state index contributed by atoms with van der Waals surface area (Å²) < 4.78 is 0. The molecule has 0 bridgehead atoms. The van der Waals surface area contributed by atoms with E-state index < -0.39 is 0 Å². The van der Waals surface area contributed by atoms with Gasteiger partial charge < -0.3 is 10.2 Å². The highest BCUT2D eigenvalue weighted by Crippen LogP contribution is 2.28. The molecule has 0 aromatic heterocycles. The maximum absolute atomic E-state index is 12.6. The quantitative estimate of drug-likeness (QED) is 0.924. The number of fused-ring (bicyclic) bond motifs is 1. The van der Waals surface area contributed by atoms with Crippen molar-refractivity contribution in [2.24, 2.45) is 0 Å². The monoisotopic (exact) mass is 321 g/mol. The van der Waals surface area contributed by atoms with E-state index in [0.717, 1.165) is 17.8 Å². The van der Waals surface area contributed by atoms with E-state index in [1.54, 1.807) is 9.80 Å². The van der Waals surface area contributed by atoms with Crippen molar-refractivity contribution in [1.82, 2.24) is 5.32 Å². The zero-order valence-electron chi connectivity index (χ0n) is 13.3. The van der Waals surface area contributed by atoms with Gasteiger partial charge in [0.2, 0.25) is 5.91 Å². The number of anilines is 2. The van der Waals surface area contributed by atoms with Gasteiger partial charge in [0.15, 0.2) is 0 Å². The minimum Gasteiger partial charge on any atom is -0.333 e. The third kappa shape index (κ3) is 2.62. The number of nitrogens with one attached hydrogen (secondary N) is 1. The first-order valence-corrected chi connectivity index (χ1v) is 8.24. The first-order valence-electron chi connectivity index (χ1n) is 8.24. The SMILES string of the molecule is O=C1C[C@@H](NC(=O)N2CCc3ccccc32)CN1c1ccccc1. The number of carbonyl (C=O) groups excluding carboxylic acids is 2. The Kier molecular flexibility index (Phi) is 3.69. The number of hydrogen-bond acceptors (Lipinski definition) is 2. The Balaban J connectivity index is 1.44. The van der Waals surface area contributed by atoms with Gasteiger partial charge in [-0.05, 0) is 30.2 Å². The van der Waals surface area contributed by atoms with Gasteiger partial charge in [0.25, 0.3) is 0 Å². The first kappa shape index (κ1) is 14.8. The van der Waals surface area contributed by atoms with Crippen LogP contribution < -0.4 is 15.1 Å². The molecular weight excluding hydrogens is 302 g/mol. The molecule has 2 aromatic carbocycles. The molecule has 1 atom stereocenters. The molecule has 122 valence electrons. The normalized spacial score (nSPS) is 19.5. The van der Waals surface area contributed by atoms with Crippen LogP contribution in [0.5, 0.6) is 0 Å². The zero-order valence-corrected chi connectivity index (χ0v) is 13.3. The van der Waals surface area contributed by atoms with Gasteiger partial charge in [-0.1, -0.05) is 36.4 Å². The number of hydrogen-bond donors (Lipinski definition) is 1. The Hall–Kier alpha value is -2.82. The molecule has 5 nitrogen and oxygen atoms in total. The predicted octanol–water partition coefficient (Wildman–Crippen LogP) is 2.56. The highest BCUT2D eigenvalue weighted by Gasteiger charge is 2.33. The molecule has 4 rings (SSSR count). The highest BCUT2D eigenvalue weighted by molar-refractivity contribution is 5.98. The van der Waals surface area contributed by atoms with Crippen LogP contribution in [0.15, 0.2) is 54.6 Å². The van der Waals surface area contributed by atoms with E-state index in [4.69, 9.17) is 0 Å². The minimum absolute atomic E-state index is 0.0494. The van der Waals surface area contributed by atoms with Crippen molar-refractivity contribution in [1.29, 1.82) is 0 Å². The van der Waals surface area contributed by atoms with E-state index in [1.807, 2.05) is 48.5 Å². The van der Waals surface area contributed by atoms with Gasteiger partial charge in [0.1, 0.15) is 0 Å². The van der Waals surface area contributed by atoms with Gasteiger partial charge in [0.05, 0.1) is 6.04 Å². The summed E-state index contributed by atoms with van der Waals surface area (Å²) in [6, 6.07) is 17.3. The second-order valence-electron chi connectivity index (χ2n) is 6.22. The Morgan fingerprint density at radius 3 is 2.62 bits per heavy atom. The van der Waals surface area contributed by atoms with Gasteiger partial charge in [-0.3, -0.25) is 9.69 Å². The second kappa shape index (κ2) is 6.00. The van der Waals surface area contributed by atoms with E-state index in [1.165, 1.54) is 5.56 Å². The molecule has 0 spiro atoms. The molecule has 2 aliphatic rings. The average Bonchev–Trinajstić information content (AvgIpc) is 3.19. The van der Waals surface area contributed by atoms with Crippen LogP contribution >= 0.6 is 0 Å². The zero-order chi connectivity index (χ0) is 16.5. The van der Waals surface area contributed by atoms with E-state index in [9.17, 15) is 9.59 Å². The molecule has 24 heavy (non-hydrogen) atoms. The van der Waals surface area contributed by atoms with Crippen LogP contribution in [-0.2, 0) is 11.2 Å². The molecule has 1 saturated heterocycles. The second-order valence-corrected chi connectivity index (χ2v) is 6.22. The average molecular weight is 321 g/mol. The molecule has 3 amide bonds. The number of rotatable bonds is 2. The molecule has 2 heterocycles. The standard InChI is InChI=1S/C19H19N3O2/c23-18-12-15(13-22(18)16-7-2-1-3-8-16)20-19(24)21-11-10-14-6-4-5-9-17(14)21/h1-9,15H,10-13H2,(H,20,24)/t15-/m1/s1. The molecule has 2 aliphatic heterocycles. The van der Waals surface area contributed by atoms with Crippen molar-refractivity contribution in [3.63, 3.8) is 0 Å². The lowest BCUT2D eigenvalue weighted by Crippen LogP contribution is -2.45. The fourth-order valence-electron chi connectivity index (χ4n) is 3.46. The van der Waals surface area contributed by atoms with Crippen LogP contribution in [-0.4, -0.2) is 31.1 Å². The van der Waals surface area contributed by atoms with Crippen LogP contribution in [0.25, 0.3) is 0 Å². The van der Waals surface area contributed by atoms with Crippen LogP contribution in [0, 0.1) is 0 Å². The topological polar surface area (TPSA) is 52.7 Å². The molecule has 5 heteroatoms. The van der Waals surface area contributed by atoms with Crippen molar-refractivity contribution >= 4 is 23.3 Å². The molecule has 0 unspecified atom stereocenters. The van der Waals surface area contributed by atoms with Gasteiger partial charge in [-0.2, -0.15) is 0 Å². The summed E-state index contributed by atoms with van der Waals surface area (Å²) in [7, 11) is 0. The van der Waals surface area contributed by atoms with Gasteiger partial charge in [-0.25, -0.2) is 4.79 Å². The lowest BCUT2D eigenvalue weighted by atomic mass is 10.2. The smallest absolute Gasteiger partial charge is 0.322 e. The summed E-state index contributed by atoms with van der Waals surface area (Å²) in [5, 5.41) is 3.02. The van der Waals surface area contributed by atoms with Crippen molar-refractivity contribution in [3.8, 4) is 0 Å². The van der Waals surface area contributed by atoms with Crippen LogP contribution in [0.2, 0.25) is 0 Å². The molecule has 1 N–H and O–H groups in total. The number of nitrogens with zero attached hydrogens (tertiary/aromatic N) is 2. The molecule has 0 radical (unpaired) electrons. The summed E-state index contributed by atoms with van der Waals surface area (Å²) in [6.07, 6.45) is 1.22. The summed E-state index contributed by atoms with van der Waals surface area (Å²) >= 11 is 0. The fraction of sp³-hybridized carbons (Fsp3) is 0.263. The maximum atomic E-state index is 12.6. The van der Waals surface area contributed by atoms with E-state index in [0.29, 0.717) is 19.5 Å². The van der Waals surface area contributed by atoms with E-state index >= 15 is 0 Å². The van der Waals surface area contributed by atoms with Crippen molar-refractivity contribution in [3.05, 3.63) is 60.2 Å². The molecular formula is C19H19N3O2. The fourth-order valence-corrected chi connectivity index (χ4v) is 3.46. The van der Waals surface area contributed by atoms with Gasteiger partial charge >= 0.3 is 6.03 Å². The Labute approximate surface area is 140 Å². The first-order chi connectivity index (χ1) is 11.7. The largest absolute Gasteiger partial charge is 0.333 e. The number of benzene rings is 2. The minimum atomic E-state index is -0.155. The van der Waals surface area contributed by atoms with Crippen LogP contribution in [0.4, 0.5) is 16.2 Å². The summed E-state index contributed by atoms with van der Waals surface area (Å²) in [6.45, 7) is 1.21. The third-order valence-corrected chi connectivity index (χ3v) is 4.65. The van der Waals surface area contributed by atoms with Crippen LogP contribution in [0.1, 0.15) is 12.0 Å². The summed E-state index contributed by atoms with van der Waals surface area (Å²) in [5.41, 5.74) is 3.05. The van der Waals surface area contributed by atoms with Crippen molar-refractivity contribution in [2.75, 3.05) is 22.9 Å². The number of urea groups is 1. The summed E-state index contributed by atoms with van der Waals surface area (Å²) in [4.78, 5) is 28.4. The summed E-state index contributed by atoms with van der Waals surface area (Å²) in [5.74, 6) is 0.0494. The number of para-hydroxylation sites is 2. The Morgan fingerprint density at radius 1 is 1.04 bits per heavy atom. The lowest BCUT2D eigenvalue weighted by molar-refractivity contribution is -0.117. The predicted molar refractivity (Wildman–Crippen MR) is 93.2 cm³/mol. The molecule has 0 aliphatic carbocycles. The van der Waals surface area contributed by atoms with Crippen LogP contribution in [0.3, 0.4) is 0 Å². The maximum Gasteiger partial charge on any atom is 0.322 e. The number of amides is 3. The molecule has 2 aromatic rings. The third-order valence-electron chi connectivity index (χ3n) is 4.65. The van der Waals surface area contributed by atoms with Crippen molar-refractivity contribution < 1.29 is 9.59 Å². The Bertz CT molecular complexity index is 775. The highest BCUT2D eigenvalue weighted by atomic mass is 16.2. The Morgan fingerprint density at radius 2 is 1.79 bits per heavy atom. The van der Waals surface area contributed by atoms with E-state index in [-0.39, 0.29) is 18.0 Å². The van der Waals surface area contributed by atoms with Gasteiger partial charge in [0, 0.05) is 30.9 Å². The van der Waals surface area contributed by atoms with Gasteiger partial charge in [-0.15, -0.1) is 0 Å².